The van der Waals surface area contributed by atoms with E-state index in [-0.39, 0.29) is 16.6 Å². The standard InChI is InChI=1S/C32H35FN4O7S/c1-18(2)45(41,42)28-12-10-22(36-32(40)44-4)16-24(28)26-6-5-13-37(26)31(39)29(19-8-11-25(33)27(14-19)43-3)35-21-9-7-20-17-34-30(38)23(20)15-21/h7-12,14-16,18,26,29,35H,5-6,13,17H2,1-4H3,(H,34,38)(H,36,40)/t26?,29-/m1/s1. The second-order valence-electron chi connectivity index (χ2n) is 11.2. The van der Waals surface area contributed by atoms with Gasteiger partial charge >= 0.3 is 6.09 Å². The molecule has 45 heavy (non-hydrogen) atoms. The van der Waals surface area contributed by atoms with Crippen molar-refractivity contribution in [1.82, 2.24) is 10.2 Å². The number of sulfone groups is 1. The number of halogens is 1. The molecule has 0 saturated carbocycles. The number of anilines is 2. The van der Waals surface area contributed by atoms with E-state index < -0.39 is 45.0 Å². The number of carbonyl (C=O) groups excluding carboxylic acids is 3. The SMILES string of the molecule is COC(=O)Nc1ccc(S(=O)(=O)C(C)C)c(C2CCCN2C(=O)[C@H](Nc2ccc3c(c2)C(=O)NC3)c2ccc(F)c(OC)c2)c1. The molecule has 0 radical (unpaired) electrons. The van der Waals surface area contributed by atoms with Crippen LogP contribution in [0.25, 0.3) is 0 Å². The van der Waals surface area contributed by atoms with Gasteiger partial charge in [0.15, 0.2) is 21.4 Å². The number of fused-ring (bicyclic) bond motifs is 1. The van der Waals surface area contributed by atoms with Gasteiger partial charge in [0.25, 0.3) is 5.91 Å². The summed E-state index contributed by atoms with van der Waals surface area (Å²) in [5, 5.41) is 7.84. The summed E-state index contributed by atoms with van der Waals surface area (Å²) in [5.74, 6) is -1.27. The first-order valence-corrected chi connectivity index (χ1v) is 16.0. The Morgan fingerprint density at radius 1 is 1.04 bits per heavy atom. The molecule has 1 fully saturated rings. The molecule has 0 aliphatic carbocycles. The first kappa shape index (κ1) is 31.8. The third-order valence-electron chi connectivity index (χ3n) is 8.12. The lowest BCUT2D eigenvalue weighted by Gasteiger charge is -2.32. The molecule has 5 rings (SSSR count). The molecule has 3 aromatic rings. The molecule has 3 amide bonds. The minimum atomic E-state index is -3.78. The van der Waals surface area contributed by atoms with E-state index in [4.69, 9.17) is 9.47 Å². The number of methoxy groups -OCH3 is 2. The van der Waals surface area contributed by atoms with E-state index >= 15 is 0 Å². The highest BCUT2D eigenvalue weighted by atomic mass is 32.2. The van der Waals surface area contributed by atoms with Crippen LogP contribution in [0.15, 0.2) is 59.5 Å². The summed E-state index contributed by atoms with van der Waals surface area (Å²) in [4.78, 5) is 40.5. The fourth-order valence-electron chi connectivity index (χ4n) is 5.70. The number of rotatable bonds is 9. The van der Waals surface area contributed by atoms with E-state index in [0.717, 1.165) is 5.56 Å². The summed E-state index contributed by atoms with van der Waals surface area (Å²) in [6.07, 6.45) is 0.328. The molecule has 11 nitrogen and oxygen atoms in total. The van der Waals surface area contributed by atoms with Gasteiger partial charge in [-0.3, -0.25) is 14.9 Å². The topological polar surface area (TPSA) is 143 Å². The Hall–Kier alpha value is -4.65. The number of ether oxygens (including phenoxy) is 2. The van der Waals surface area contributed by atoms with Crippen molar-refractivity contribution in [3.63, 3.8) is 0 Å². The van der Waals surface area contributed by atoms with Crippen molar-refractivity contribution in [2.24, 2.45) is 0 Å². The fourth-order valence-corrected chi connectivity index (χ4v) is 6.99. The quantitative estimate of drug-likeness (QED) is 0.299. The van der Waals surface area contributed by atoms with Gasteiger partial charge in [0.1, 0.15) is 6.04 Å². The number of likely N-dealkylation sites (tertiary alicyclic amines) is 1. The highest BCUT2D eigenvalue weighted by molar-refractivity contribution is 7.92. The second-order valence-corrected chi connectivity index (χ2v) is 13.7. The minimum Gasteiger partial charge on any atom is -0.494 e. The summed E-state index contributed by atoms with van der Waals surface area (Å²) >= 11 is 0. The molecule has 3 N–H and O–H groups in total. The Morgan fingerprint density at radius 3 is 2.51 bits per heavy atom. The number of nitrogens with one attached hydrogen (secondary N) is 3. The van der Waals surface area contributed by atoms with E-state index in [2.05, 4.69) is 16.0 Å². The number of hydrogen-bond acceptors (Lipinski definition) is 8. The molecule has 0 spiro atoms. The summed E-state index contributed by atoms with van der Waals surface area (Å²) in [5.41, 5.74) is 2.90. The molecule has 0 aromatic heterocycles. The Labute approximate surface area is 261 Å². The maximum atomic E-state index is 14.5. The van der Waals surface area contributed by atoms with Gasteiger partial charge in [-0.15, -0.1) is 0 Å². The fraction of sp³-hybridized carbons (Fsp3) is 0.344. The highest BCUT2D eigenvalue weighted by Crippen LogP contribution is 2.40. The zero-order valence-corrected chi connectivity index (χ0v) is 26.2. The Morgan fingerprint density at radius 2 is 1.80 bits per heavy atom. The van der Waals surface area contributed by atoms with Gasteiger partial charge < -0.3 is 25.0 Å². The zero-order chi connectivity index (χ0) is 32.5. The number of nitrogens with zero attached hydrogens (tertiary/aromatic N) is 1. The number of benzene rings is 3. The lowest BCUT2D eigenvalue weighted by molar-refractivity contribution is -0.133. The van der Waals surface area contributed by atoms with E-state index in [9.17, 15) is 27.2 Å². The van der Waals surface area contributed by atoms with Gasteiger partial charge in [0.2, 0.25) is 5.91 Å². The summed E-state index contributed by atoms with van der Waals surface area (Å²) in [6, 6.07) is 12.1. The van der Waals surface area contributed by atoms with Crippen molar-refractivity contribution in [3.05, 3.63) is 82.7 Å². The molecule has 2 heterocycles. The van der Waals surface area contributed by atoms with Gasteiger partial charge in [-0.25, -0.2) is 17.6 Å². The van der Waals surface area contributed by atoms with E-state index in [1.54, 1.807) is 43.0 Å². The van der Waals surface area contributed by atoms with Crippen LogP contribution in [0.1, 0.15) is 65.8 Å². The molecule has 13 heteroatoms. The van der Waals surface area contributed by atoms with Crippen LogP contribution in [0.4, 0.5) is 20.6 Å². The summed E-state index contributed by atoms with van der Waals surface area (Å²) < 4.78 is 51.3. The third kappa shape index (κ3) is 6.30. The zero-order valence-electron chi connectivity index (χ0n) is 25.3. The smallest absolute Gasteiger partial charge is 0.411 e. The van der Waals surface area contributed by atoms with Crippen molar-refractivity contribution in [2.45, 2.75) is 55.5 Å². The van der Waals surface area contributed by atoms with E-state index in [1.165, 1.54) is 44.6 Å². The lowest BCUT2D eigenvalue weighted by atomic mass is 10.00. The largest absolute Gasteiger partial charge is 0.494 e. The average Bonchev–Trinajstić information content (AvgIpc) is 3.66. The lowest BCUT2D eigenvalue weighted by Crippen LogP contribution is -2.38. The van der Waals surface area contributed by atoms with Crippen molar-refractivity contribution < 1.29 is 36.7 Å². The first-order chi connectivity index (χ1) is 21.4. The Kier molecular flexibility index (Phi) is 9.01. The molecule has 2 aliphatic rings. The van der Waals surface area contributed by atoms with Crippen LogP contribution >= 0.6 is 0 Å². The van der Waals surface area contributed by atoms with Gasteiger partial charge in [-0.05, 0) is 85.8 Å². The van der Waals surface area contributed by atoms with Crippen molar-refractivity contribution in [2.75, 3.05) is 31.4 Å². The van der Waals surface area contributed by atoms with Crippen LogP contribution in [0.2, 0.25) is 0 Å². The normalized spacial score (nSPS) is 16.6. The first-order valence-electron chi connectivity index (χ1n) is 14.5. The number of hydrogen-bond donors (Lipinski definition) is 3. The van der Waals surface area contributed by atoms with Crippen LogP contribution in [0.5, 0.6) is 5.75 Å². The molecule has 3 aromatic carbocycles. The van der Waals surface area contributed by atoms with Crippen LogP contribution in [0, 0.1) is 5.82 Å². The maximum Gasteiger partial charge on any atom is 0.411 e. The van der Waals surface area contributed by atoms with Gasteiger partial charge in [-0.1, -0.05) is 12.1 Å². The maximum absolute atomic E-state index is 14.5. The summed E-state index contributed by atoms with van der Waals surface area (Å²) in [7, 11) is -1.24. The van der Waals surface area contributed by atoms with Crippen molar-refractivity contribution >= 4 is 39.1 Å². The van der Waals surface area contributed by atoms with Gasteiger partial charge in [0.05, 0.1) is 30.4 Å². The van der Waals surface area contributed by atoms with Crippen molar-refractivity contribution in [1.29, 1.82) is 0 Å². The van der Waals surface area contributed by atoms with E-state index in [0.29, 0.717) is 54.0 Å². The molecule has 1 unspecified atom stereocenters. The summed E-state index contributed by atoms with van der Waals surface area (Å²) in [6.45, 7) is 3.89. The molecule has 2 atom stereocenters. The predicted octanol–water partition coefficient (Wildman–Crippen LogP) is 4.96. The predicted molar refractivity (Wildman–Crippen MR) is 165 cm³/mol. The highest BCUT2D eigenvalue weighted by Gasteiger charge is 2.38. The Bertz CT molecular complexity index is 1760. The van der Waals surface area contributed by atoms with Gasteiger partial charge in [0, 0.05) is 30.0 Å². The molecule has 0 bridgehead atoms. The van der Waals surface area contributed by atoms with Crippen LogP contribution in [-0.4, -0.2) is 57.2 Å². The average molecular weight is 639 g/mol. The Balaban J connectivity index is 1.58. The minimum absolute atomic E-state index is 0.0506. The van der Waals surface area contributed by atoms with E-state index in [1.807, 2.05) is 0 Å². The van der Waals surface area contributed by atoms with Crippen LogP contribution in [0.3, 0.4) is 0 Å². The molecular formula is C32H35FN4O7S. The van der Waals surface area contributed by atoms with Gasteiger partial charge in [-0.2, -0.15) is 0 Å². The molecule has 2 aliphatic heterocycles. The molecular weight excluding hydrogens is 603 g/mol. The second kappa shape index (κ2) is 12.8. The number of carbonyl (C=O) groups is 3. The van der Waals surface area contributed by atoms with Crippen LogP contribution < -0.4 is 20.7 Å². The monoisotopic (exact) mass is 638 g/mol. The van der Waals surface area contributed by atoms with Crippen LogP contribution in [-0.2, 0) is 25.9 Å². The number of amides is 3. The molecule has 238 valence electrons. The van der Waals surface area contributed by atoms with Crippen molar-refractivity contribution in [3.8, 4) is 5.75 Å². The third-order valence-corrected chi connectivity index (χ3v) is 10.3. The molecule has 1 saturated heterocycles.